The van der Waals surface area contributed by atoms with Gasteiger partial charge >= 0.3 is 0 Å². The average Bonchev–Trinajstić information content (AvgIpc) is 2.27. The number of rotatable bonds is 3. The highest BCUT2D eigenvalue weighted by Crippen LogP contribution is 2.14. The number of hydrogen-bond acceptors (Lipinski definition) is 5. The lowest BCUT2D eigenvalue weighted by Crippen LogP contribution is -2.17. The maximum absolute atomic E-state index is 11.0. The van der Waals surface area contributed by atoms with Gasteiger partial charge in [-0.15, -0.1) is 0 Å². The van der Waals surface area contributed by atoms with Crippen LogP contribution in [0.15, 0.2) is 18.2 Å². The minimum Gasteiger partial charge on any atom is -0.383 e. The van der Waals surface area contributed by atoms with Gasteiger partial charge in [0.2, 0.25) is 0 Å². The first-order chi connectivity index (χ1) is 7.06. The monoisotopic (exact) mass is 206 g/mol. The number of aliphatic hydroxyl groups excluding tert-OH is 2. The zero-order chi connectivity index (χ0) is 11.4. The highest BCUT2D eigenvalue weighted by molar-refractivity contribution is 5.92. The minimum absolute atomic E-state index is 0.108. The van der Waals surface area contributed by atoms with Crippen LogP contribution in [-0.4, -0.2) is 27.1 Å². The number of nitrogens with zero attached hydrogens (tertiary/aromatic N) is 2. The molecule has 0 aliphatic rings. The molecule has 1 aromatic heterocycles. The van der Waals surface area contributed by atoms with Crippen LogP contribution in [0, 0.1) is 11.3 Å². The summed E-state index contributed by atoms with van der Waals surface area (Å²) in [6.45, 7) is 1.35. The Hall–Kier alpha value is -1.77. The lowest BCUT2D eigenvalue weighted by Gasteiger charge is -2.11. The van der Waals surface area contributed by atoms with Crippen LogP contribution in [0.4, 0.5) is 0 Å². The zero-order valence-corrected chi connectivity index (χ0v) is 8.08. The van der Waals surface area contributed by atoms with Gasteiger partial charge in [0.1, 0.15) is 11.8 Å². The zero-order valence-electron chi connectivity index (χ0n) is 8.08. The molecule has 78 valence electrons. The fourth-order valence-corrected chi connectivity index (χ4v) is 1.04. The molecule has 2 atom stereocenters. The van der Waals surface area contributed by atoms with E-state index >= 15 is 0 Å². The Kier molecular flexibility index (Phi) is 3.50. The van der Waals surface area contributed by atoms with E-state index in [0.29, 0.717) is 0 Å². The molecule has 0 amide bonds. The first-order valence-electron chi connectivity index (χ1n) is 4.30. The predicted octanol–water partition coefficient (Wildman–Crippen LogP) is 0.202. The SMILES string of the molecule is CC(=O)c1cccc(C(O)C(O)C#N)n1. The topological polar surface area (TPSA) is 94.2 Å². The van der Waals surface area contributed by atoms with Crippen molar-refractivity contribution in [1.29, 1.82) is 5.26 Å². The number of aliphatic hydroxyl groups is 2. The Morgan fingerprint density at radius 3 is 2.73 bits per heavy atom. The van der Waals surface area contributed by atoms with Crippen LogP contribution in [0.1, 0.15) is 29.2 Å². The fourth-order valence-electron chi connectivity index (χ4n) is 1.04. The van der Waals surface area contributed by atoms with Gasteiger partial charge in [-0.05, 0) is 12.1 Å². The van der Waals surface area contributed by atoms with E-state index in [1.807, 2.05) is 0 Å². The van der Waals surface area contributed by atoms with Crippen molar-refractivity contribution >= 4 is 5.78 Å². The summed E-state index contributed by atoms with van der Waals surface area (Å²) in [5.41, 5.74) is 0.299. The van der Waals surface area contributed by atoms with Crippen LogP contribution < -0.4 is 0 Å². The van der Waals surface area contributed by atoms with Crippen LogP contribution in [0.3, 0.4) is 0 Å². The Bertz CT molecular complexity index is 411. The number of ketones is 1. The highest BCUT2D eigenvalue weighted by atomic mass is 16.3. The first kappa shape index (κ1) is 11.3. The number of Topliss-reactive ketones (excluding diaryl/α,β-unsaturated/α-hetero) is 1. The maximum atomic E-state index is 11.0. The van der Waals surface area contributed by atoms with Crippen LogP contribution >= 0.6 is 0 Å². The molecule has 0 radical (unpaired) electrons. The summed E-state index contributed by atoms with van der Waals surface area (Å²) in [5.74, 6) is -0.240. The number of aromatic nitrogens is 1. The molecule has 2 N–H and O–H groups in total. The first-order valence-corrected chi connectivity index (χ1v) is 4.30. The van der Waals surface area contributed by atoms with Gasteiger partial charge in [0.05, 0.1) is 11.8 Å². The molecule has 0 aromatic carbocycles. The van der Waals surface area contributed by atoms with Crippen LogP contribution in [0.2, 0.25) is 0 Å². The Labute approximate surface area is 86.6 Å². The molecule has 0 fully saturated rings. The highest BCUT2D eigenvalue weighted by Gasteiger charge is 2.19. The van der Waals surface area contributed by atoms with Gasteiger partial charge in [-0.1, -0.05) is 6.07 Å². The van der Waals surface area contributed by atoms with E-state index in [9.17, 15) is 9.90 Å². The second-order valence-electron chi connectivity index (χ2n) is 3.02. The minimum atomic E-state index is -1.54. The summed E-state index contributed by atoms with van der Waals surface area (Å²) in [7, 11) is 0. The lowest BCUT2D eigenvalue weighted by molar-refractivity contribution is 0.0497. The number of nitriles is 1. The lowest BCUT2D eigenvalue weighted by atomic mass is 10.1. The Balaban J connectivity index is 3.01. The summed E-state index contributed by atoms with van der Waals surface area (Å²) in [6.07, 6.45) is -2.94. The van der Waals surface area contributed by atoms with Crippen molar-refractivity contribution in [3.8, 4) is 6.07 Å². The average molecular weight is 206 g/mol. The van der Waals surface area contributed by atoms with Crippen molar-refractivity contribution in [2.45, 2.75) is 19.1 Å². The van der Waals surface area contributed by atoms with E-state index in [0.717, 1.165) is 0 Å². The van der Waals surface area contributed by atoms with Gasteiger partial charge in [-0.3, -0.25) is 4.79 Å². The molecule has 0 aliphatic carbocycles. The Morgan fingerprint density at radius 2 is 2.20 bits per heavy atom. The molecule has 15 heavy (non-hydrogen) atoms. The molecule has 5 nitrogen and oxygen atoms in total. The third kappa shape index (κ3) is 2.59. The summed E-state index contributed by atoms with van der Waals surface area (Å²) >= 11 is 0. The van der Waals surface area contributed by atoms with E-state index in [1.165, 1.54) is 31.2 Å². The van der Waals surface area contributed by atoms with Crippen molar-refractivity contribution < 1.29 is 15.0 Å². The van der Waals surface area contributed by atoms with Gasteiger partial charge in [0.25, 0.3) is 0 Å². The van der Waals surface area contributed by atoms with Gasteiger partial charge in [0.15, 0.2) is 11.9 Å². The number of hydrogen-bond donors (Lipinski definition) is 2. The van der Waals surface area contributed by atoms with E-state index in [-0.39, 0.29) is 17.2 Å². The van der Waals surface area contributed by atoms with Crippen molar-refractivity contribution in [2.75, 3.05) is 0 Å². The molecular weight excluding hydrogens is 196 g/mol. The smallest absolute Gasteiger partial charge is 0.178 e. The van der Waals surface area contributed by atoms with Gasteiger partial charge < -0.3 is 10.2 Å². The predicted molar refractivity (Wildman–Crippen MR) is 50.8 cm³/mol. The second-order valence-corrected chi connectivity index (χ2v) is 3.02. The van der Waals surface area contributed by atoms with Gasteiger partial charge in [-0.25, -0.2) is 4.98 Å². The van der Waals surface area contributed by atoms with Crippen LogP contribution in [-0.2, 0) is 0 Å². The summed E-state index contributed by atoms with van der Waals surface area (Å²) in [4.78, 5) is 14.8. The van der Waals surface area contributed by atoms with Gasteiger partial charge in [-0.2, -0.15) is 5.26 Å². The molecule has 1 rings (SSSR count). The number of pyridine rings is 1. The van der Waals surface area contributed by atoms with Crippen molar-refractivity contribution in [2.24, 2.45) is 0 Å². The standard InChI is InChI=1S/C10H10N2O3/c1-6(13)7-3-2-4-8(12-7)10(15)9(14)5-11/h2-4,9-10,14-15H,1H3. The number of carbonyl (C=O) groups excluding carboxylic acids is 1. The van der Waals surface area contributed by atoms with Crippen molar-refractivity contribution in [3.63, 3.8) is 0 Å². The van der Waals surface area contributed by atoms with Crippen molar-refractivity contribution in [3.05, 3.63) is 29.6 Å². The molecular formula is C10H10N2O3. The molecule has 1 aromatic rings. The molecule has 0 aliphatic heterocycles. The summed E-state index contributed by atoms with van der Waals surface area (Å²) in [6, 6.07) is 5.97. The van der Waals surface area contributed by atoms with E-state index in [2.05, 4.69) is 4.98 Å². The fraction of sp³-hybridized carbons (Fsp3) is 0.300. The van der Waals surface area contributed by atoms with Crippen LogP contribution in [0.25, 0.3) is 0 Å². The largest absolute Gasteiger partial charge is 0.383 e. The Morgan fingerprint density at radius 1 is 1.53 bits per heavy atom. The van der Waals surface area contributed by atoms with Gasteiger partial charge in [0, 0.05) is 6.92 Å². The van der Waals surface area contributed by atoms with E-state index in [1.54, 1.807) is 0 Å². The normalized spacial score (nSPS) is 14.0. The van der Waals surface area contributed by atoms with Crippen LogP contribution in [0.5, 0.6) is 0 Å². The molecule has 1 heterocycles. The summed E-state index contributed by atoms with van der Waals surface area (Å²) < 4.78 is 0. The second kappa shape index (κ2) is 4.64. The van der Waals surface area contributed by atoms with E-state index in [4.69, 9.17) is 10.4 Å². The molecule has 0 bridgehead atoms. The molecule has 0 spiro atoms. The number of carbonyl (C=O) groups is 1. The molecule has 0 saturated heterocycles. The van der Waals surface area contributed by atoms with E-state index < -0.39 is 12.2 Å². The van der Waals surface area contributed by atoms with Crippen molar-refractivity contribution in [1.82, 2.24) is 4.98 Å². The quantitative estimate of drug-likeness (QED) is 0.544. The third-order valence-electron chi connectivity index (χ3n) is 1.87. The molecule has 5 heteroatoms. The maximum Gasteiger partial charge on any atom is 0.178 e. The molecule has 2 unspecified atom stereocenters. The summed E-state index contributed by atoms with van der Waals surface area (Å²) in [5, 5.41) is 26.9. The molecule has 0 saturated carbocycles. The third-order valence-corrected chi connectivity index (χ3v) is 1.87.